The third-order valence-electron chi connectivity index (χ3n) is 9.73. The standard InChI is InChI=1S/C35H56N7O10P/c1-10-24(11-2)16-48-32(44)22(7)40-53(47,41-23(8)33(45)49-17-25(12-3)13-4)50-18-27-29(51-31(43)21(5)6)34(9,46)35(19-36,52-27)28-15-14-26-30(37)38-20-39-42(26)28/h14-15,20-25,27,29,46H,10-13,16-18H2,1-9H3,(H2,37,38,39)(H2,40,41,47). The molecule has 18 heteroatoms. The van der Waals surface area contributed by atoms with E-state index in [2.05, 4.69) is 20.3 Å². The van der Waals surface area contributed by atoms with Crippen molar-refractivity contribution in [2.45, 2.75) is 123 Å². The van der Waals surface area contributed by atoms with Crippen molar-refractivity contribution in [3.63, 3.8) is 0 Å². The molecule has 5 N–H and O–H groups in total. The van der Waals surface area contributed by atoms with Crippen molar-refractivity contribution in [1.82, 2.24) is 24.8 Å². The first-order chi connectivity index (χ1) is 24.9. The Morgan fingerprint density at radius 3 is 2.00 bits per heavy atom. The minimum atomic E-state index is -4.42. The first kappa shape index (κ1) is 43.8. The van der Waals surface area contributed by atoms with Crippen LogP contribution in [0.5, 0.6) is 0 Å². The minimum absolute atomic E-state index is 0.0456. The molecule has 1 aliphatic rings. The molecule has 0 radical (unpaired) electrons. The Kier molecular flexibility index (Phi) is 15.4. The van der Waals surface area contributed by atoms with Gasteiger partial charge in [-0.3, -0.25) is 18.9 Å². The van der Waals surface area contributed by atoms with Crippen LogP contribution in [0, 0.1) is 29.1 Å². The zero-order valence-electron chi connectivity index (χ0n) is 32.2. The van der Waals surface area contributed by atoms with E-state index in [9.17, 15) is 29.3 Å². The van der Waals surface area contributed by atoms with Crippen LogP contribution in [0.4, 0.5) is 5.82 Å². The average Bonchev–Trinajstić information content (AvgIpc) is 3.65. The molecule has 3 heterocycles. The largest absolute Gasteiger partial charge is 0.464 e. The van der Waals surface area contributed by atoms with E-state index in [1.165, 1.54) is 43.7 Å². The first-order valence-electron chi connectivity index (χ1n) is 18.2. The topological polar surface area (TPSA) is 239 Å². The minimum Gasteiger partial charge on any atom is -0.464 e. The second-order valence-corrected chi connectivity index (χ2v) is 15.8. The second kappa shape index (κ2) is 18.6. The Morgan fingerprint density at radius 1 is 1.00 bits per heavy atom. The fourth-order valence-electron chi connectivity index (χ4n) is 5.88. The summed E-state index contributed by atoms with van der Waals surface area (Å²) in [4.78, 5) is 43.0. The molecule has 1 saturated heterocycles. The fraction of sp³-hybridized carbons (Fsp3) is 0.714. The molecule has 0 bridgehead atoms. The molecule has 0 aromatic carbocycles. The number of anilines is 1. The summed E-state index contributed by atoms with van der Waals surface area (Å²) in [6.07, 6.45) is 1.36. The summed E-state index contributed by atoms with van der Waals surface area (Å²) in [5.74, 6) is -2.41. The van der Waals surface area contributed by atoms with Crippen molar-refractivity contribution in [1.29, 1.82) is 5.26 Å². The summed E-state index contributed by atoms with van der Waals surface area (Å²) in [7, 11) is -4.42. The Balaban J connectivity index is 1.99. The summed E-state index contributed by atoms with van der Waals surface area (Å²) in [6.45, 7) is 14.9. The van der Waals surface area contributed by atoms with Crippen molar-refractivity contribution in [3.8, 4) is 6.07 Å². The summed E-state index contributed by atoms with van der Waals surface area (Å²) in [5, 5.41) is 32.3. The number of nitrogens with zero attached hydrogens (tertiary/aromatic N) is 4. The maximum atomic E-state index is 14.6. The van der Waals surface area contributed by atoms with Crippen LogP contribution in [0.25, 0.3) is 5.52 Å². The molecule has 2 aromatic heterocycles. The molecule has 1 aliphatic heterocycles. The molecule has 17 nitrogen and oxygen atoms in total. The summed E-state index contributed by atoms with van der Waals surface area (Å²) >= 11 is 0. The summed E-state index contributed by atoms with van der Waals surface area (Å²) < 4.78 is 44.8. The third-order valence-corrected chi connectivity index (χ3v) is 11.7. The van der Waals surface area contributed by atoms with Gasteiger partial charge in [-0.05, 0) is 44.7 Å². The number of carbonyl (C=O) groups is 3. The number of hydrogen-bond donors (Lipinski definition) is 4. The van der Waals surface area contributed by atoms with Crippen LogP contribution < -0.4 is 15.9 Å². The van der Waals surface area contributed by atoms with E-state index in [0.717, 1.165) is 25.7 Å². The number of hydrogen-bond acceptors (Lipinski definition) is 14. The monoisotopic (exact) mass is 765 g/mol. The van der Waals surface area contributed by atoms with Gasteiger partial charge in [-0.15, -0.1) is 0 Å². The molecule has 296 valence electrons. The molecule has 0 spiro atoms. The van der Waals surface area contributed by atoms with Crippen LogP contribution in [0.2, 0.25) is 0 Å². The molecular weight excluding hydrogens is 709 g/mol. The zero-order valence-corrected chi connectivity index (χ0v) is 33.1. The van der Waals surface area contributed by atoms with E-state index in [1.807, 2.05) is 33.8 Å². The number of ether oxygens (including phenoxy) is 4. The maximum Gasteiger partial charge on any atom is 0.342 e. The van der Waals surface area contributed by atoms with Gasteiger partial charge in [0.05, 0.1) is 31.4 Å². The highest BCUT2D eigenvalue weighted by molar-refractivity contribution is 7.54. The number of rotatable bonds is 20. The SMILES string of the molecule is CCC(CC)COC(=O)C(C)NP(=O)(NC(C)C(=O)OCC(CC)CC)OCC1OC(C#N)(c2ccc3c(N)ncnn23)C(C)(O)C1OC(=O)C(C)C. The number of nitrogens with one attached hydrogen (secondary N) is 2. The quantitative estimate of drug-likeness (QED) is 0.0852. The number of aliphatic hydroxyl groups is 1. The number of nitrogens with two attached hydrogens (primary N) is 1. The van der Waals surface area contributed by atoms with Gasteiger partial charge in [-0.2, -0.15) is 10.4 Å². The Labute approximate surface area is 311 Å². The van der Waals surface area contributed by atoms with Gasteiger partial charge in [0.2, 0.25) is 5.60 Å². The first-order valence-corrected chi connectivity index (χ1v) is 19.8. The van der Waals surface area contributed by atoms with Crippen LogP contribution in [-0.4, -0.2) is 87.3 Å². The summed E-state index contributed by atoms with van der Waals surface area (Å²) in [6, 6.07) is 2.68. The fourth-order valence-corrected chi connectivity index (χ4v) is 7.69. The Bertz CT molecular complexity index is 1610. The average molecular weight is 766 g/mol. The highest BCUT2D eigenvalue weighted by Crippen LogP contribution is 2.50. The highest BCUT2D eigenvalue weighted by Gasteiger charge is 2.67. The van der Waals surface area contributed by atoms with Gasteiger partial charge < -0.3 is 34.3 Å². The second-order valence-electron chi connectivity index (χ2n) is 13.9. The Morgan fingerprint density at radius 2 is 1.53 bits per heavy atom. The number of nitrogen functional groups attached to an aromatic ring is 1. The molecule has 6 atom stereocenters. The zero-order chi connectivity index (χ0) is 39.7. The molecule has 3 rings (SSSR count). The van der Waals surface area contributed by atoms with Crippen molar-refractivity contribution in [3.05, 3.63) is 24.2 Å². The lowest BCUT2D eigenvalue weighted by molar-refractivity contribution is -0.168. The van der Waals surface area contributed by atoms with Gasteiger partial charge in [0.25, 0.3) is 0 Å². The van der Waals surface area contributed by atoms with Crippen LogP contribution in [0.15, 0.2) is 18.5 Å². The lowest BCUT2D eigenvalue weighted by Crippen LogP contribution is -2.54. The van der Waals surface area contributed by atoms with Crippen LogP contribution in [0.1, 0.15) is 93.7 Å². The van der Waals surface area contributed by atoms with Crippen LogP contribution >= 0.6 is 7.67 Å². The normalized spacial score (nSPS) is 23.8. The van der Waals surface area contributed by atoms with Crippen molar-refractivity contribution in [2.75, 3.05) is 25.6 Å². The number of fused-ring (bicyclic) bond motifs is 1. The van der Waals surface area contributed by atoms with E-state index in [1.54, 1.807) is 13.8 Å². The van der Waals surface area contributed by atoms with E-state index in [-0.39, 0.29) is 36.6 Å². The highest BCUT2D eigenvalue weighted by atomic mass is 31.2. The van der Waals surface area contributed by atoms with Gasteiger partial charge >= 0.3 is 25.6 Å². The van der Waals surface area contributed by atoms with Crippen molar-refractivity contribution >= 4 is 36.9 Å². The van der Waals surface area contributed by atoms with E-state index in [4.69, 9.17) is 29.2 Å². The van der Waals surface area contributed by atoms with Crippen molar-refractivity contribution < 1.29 is 47.5 Å². The number of carbonyl (C=O) groups excluding carboxylic acids is 3. The van der Waals surface area contributed by atoms with Gasteiger partial charge in [-0.25, -0.2) is 19.7 Å². The van der Waals surface area contributed by atoms with Crippen LogP contribution in [-0.2, 0) is 48.0 Å². The molecule has 0 saturated carbocycles. The lowest BCUT2D eigenvalue weighted by atomic mass is 9.80. The lowest BCUT2D eigenvalue weighted by Gasteiger charge is -2.34. The molecule has 0 aliphatic carbocycles. The number of nitriles is 1. The van der Waals surface area contributed by atoms with Gasteiger partial charge in [0.15, 0.2) is 11.9 Å². The van der Waals surface area contributed by atoms with E-state index >= 15 is 0 Å². The number of esters is 3. The molecule has 1 fully saturated rings. The van der Waals surface area contributed by atoms with E-state index < -0.39 is 73.6 Å². The third kappa shape index (κ3) is 9.92. The van der Waals surface area contributed by atoms with E-state index in [0.29, 0.717) is 5.52 Å². The van der Waals surface area contributed by atoms with Gasteiger partial charge in [0.1, 0.15) is 41.7 Å². The molecule has 2 aromatic rings. The van der Waals surface area contributed by atoms with Gasteiger partial charge in [-0.1, -0.05) is 67.2 Å². The number of aromatic nitrogens is 3. The molecular formula is C35H56N7O10P. The van der Waals surface area contributed by atoms with Gasteiger partial charge in [0, 0.05) is 0 Å². The molecule has 6 unspecified atom stereocenters. The Hall–Kier alpha value is -3.65. The molecule has 0 amide bonds. The molecule has 53 heavy (non-hydrogen) atoms. The summed E-state index contributed by atoms with van der Waals surface area (Å²) in [5.41, 5.74) is 1.90. The maximum absolute atomic E-state index is 14.6. The van der Waals surface area contributed by atoms with Crippen molar-refractivity contribution in [2.24, 2.45) is 17.8 Å². The predicted octanol–water partition coefficient (Wildman–Crippen LogP) is 3.79. The predicted molar refractivity (Wildman–Crippen MR) is 194 cm³/mol. The van der Waals surface area contributed by atoms with Crippen LogP contribution in [0.3, 0.4) is 0 Å². The smallest absolute Gasteiger partial charge is 0.342 e.